The van der Waals surface area contributed by atoms with Gasteiger partial charge in [-0.3, -0.25) is 0 Å². The molecule has 1 nitrogen and oxygen atoms in total. The lowest BCUT2D eigenvalue weighted by Crippen LogP contribution is -2.10. The number of anilines is 3. The molecule has 0 heterocycles. The molecular formula is C25H29N. The van der Waals surface area contributed by atoms with E-state index in [1.807, 2.05) is 0 Å². The molecule has 0 aliphatic carbocycles. The summed E-state index contributed by atoms with van der Waals surface area (Å²) in [5, 5.41) is 0. The van der Waals surface area contributed by atoms with E-state index in [0.29, 0.717) is 0 Å². The molecule has 0 amide bonds. The van der Waals surface area contributed by atoms with Gasteiger partial charge in [0, 0.05) is 17.1 Å². The summed E-state index contributed by atoms with van der Waals surface area (Å²) < 4.78 is 0. The van der Waals surface area contributed by atoms with Crippen LogP contribution in [-0.4, -0.2) is 0 Å². The molecular weight excluding hydrogens is 314 g/mol. The molecule has 0 saturated heterocycles. The second-order valence-corrected chi connectivity index (χ2v) is 7.15. The van der Waals surface area contributed by atoms with Gasteiger partial charge in [-0.1, -0.05) is 43.7 Å². The van der Waals surface area contributed by atoms with Crippen molar-refractivity contribution >= 4 is 17.1 Å². The molecule has 3 aromatic carbocycles. The fourth-order valence-electron chi connectivity index (χ4n) is 3.36. The van der Waals surface area contributed by atoms with E-state index >= 15 is 0 Å². The van der Waals surface area contributed by atoms with Crippen molar-refractivity contribution < 1.29 is 0 Å². The van der Waals surface area contributed by atoms with Crippen LogP contribution in [0.1, 0.15) is 42.0 Å². The SMILES string of the molecule is CCCCc1ccc(N(c2ccccc2)c2cc(C)c(C)c(C)c2)cc1. The summed E-state index contributed by atoms with van der Waals surface area (Å²) in [5.74, 6) is 0. The molecule has 1 heteroatoms. The summed E-state index contributed by atoms with van der Waals surface area (Å²) in [6, 6.07) is 24.3. The molecule has 0 fully saturated rings. The molecule has 0 aliphatic rings. The first-order chi connectivity index (χ1) is 12.6. The van der Waals surface area contributed by atoms with Crippen LogP contribution in [0.4, 0.5) is 17.1 Å². The Bertz CT molecular complexity index is 824. The molecule has 0 unspecified atom stereocenters. The zero-order valence-electron chi connectivity index (χ0n) is 16.4. The third-order valence-corrected chi connectivity index (χ3v) is 5.20. The normalized spacial score (nSPS) is 10.8. The van der Waals surface area contributed by atoms with E-state index in [1.165, 1.54) is 52.2 Å². The summed E-state index contributed by atoms with van der Waals surface area (Å²) in [6.45, 7) is 8.84. The van der Waals surface area contributed by atoms with Crippen LogP contribution >= 0.6 is 0 Å². The van der Waals surface area contributed by atoms with Crippen LogP contribution in [0.3, 0.4) is 0 Å². The summed E-state index contributed by atoms with van der Waals surface area (Å²) >= 11 is 0. The van der Waals surface area contributed by atoms with Gasteiger partial charge in [0.05, 0.1) is 0 Å². The Morgan fingerprint density at radius 3 is 1.85 bits per heavy atom. The number of hydrogen-bond acceptors (Lipinski definition) is 1. The standard InChI is InChI=1S/C25H29N/c1-5-6-10-22-13-15-24(16-14-22)26(23-11-8-7-9-12-23)25-17-19(2)21(4)20(3)18-25/h7-9,11-18H,5-6,10H2,1-4H3. The Morgan fingerprint density at radius 1 is 0.692 bits per heavy atom. The average molecular weight is 344 g/mol. The van der Waals surface area contributed by atoms with Crippen molar-refractivity contribution in [2.45, 2.75) is 47.0 Å². The summed E-state index contributed by atoms with van der Waals surface area (Å²) in [7, 11) is 0. The third kappa shape index (κ3) is 3.99. The van der Waals surface area contributed by atoms with Crippen LogP contribution in [-0.2, 0) is 6.42 Å². The van der Waals surface area contributed by atoms with Gasteiger partial charge in [0.2, 0.25) is 0 Å². The number of rotatable bonds is 6. The third-order valence-electron chi connectivity index (χ3n) is 5.20. The van der Waals surface area contributed by atoms with Crippen molar-refractivity contribution in [1.82, 2.24) is 0 Å². The minimum absolute atomic E-state index is 1.16. The smallest absolute Gasteiger partial charge is 0.0467 e. The maximum atomic E-state index is 2.35. The van der Waals surface area contributed by atoms with E-state index in [9.17, 15) is 0 Å². The minimum atomic E-state index is 1.16. The van der Waals surface area contributed by atoms with Gasteiger partial charge in [-0.15, -0.1) is 0 Å². The predicted molar refractivity (Wildman–Crippen MR) is 114 cm³/mol. The molecule has 0 atom stereocenters. The molecule has 0 N–H and O–H groups in total. The maximum Gasteiger partial charge on any atom is 0.0467 e. The Balaban J connectivity index is 2.05. The van der Waals surface area contributed by atoms with E-state index < -0.39 is 0 Å². The van der Waals surface area contributed by atoms with E-state index in [-0.39, 0.29) is 0 Å². The van der Waals surface area contributed by atoms with Crippen LogP contribution in [0.2, 0.25) is 0 Å². The van der Waals surface area contributed by atoms with Gasteiger partial charge in [0.25, 0.3) is 0 Å². The first-order valence-corrected chi connectivity index (χ1v) is 9.62. The lowest BCUT2D eigenvalue weighted by molar-refractivity contribution is 0.795. The van der Waals surface area contributed by atoms with Crippen LogP contribution < -0.4 is 4.90 Å². The quantitative estimate of drug-likeness (QED) is 0.450. The van der Waals surface area contributed by atoms with Crippen molar-refractivity contribution in [3.8, 4) is 0 Å². The molecule has 0 aliphatic heterocycles. The molecule has 3 rings (SSSR count). The molecule has 0 aromatic heterocycles. The fraction of sp³-hybridized carbons (Fsp3) is 0.280. The highest BCUT2D eigenvalue weighted by atomic mass is 15.1. The van der Waals surface area contributed by atoms with Crippen molar-refractivity contribution in [2.24, 2.45) is 0 Å². The monoisotopic (exact) mass is 343 g/mol. The minimum Gasteiger partial charge on any atom is -0.310 e. The van der Waals surface area contributed by atoms with Crippen molar-refractivity contribution in [3.05, 3.63) is 89.0 Å². The van der Waals surface area contributed by atoms with Gasteiger partial charge in [-0.05, 0) is 92.3 Å². The highest BCUT2D eigenvalue weighted by molar-refractivity contribution is 5.77. The molecule has 0 saturated carbocycles. The number of para-hydroxylation sites is 1. The first-order valence-electron chi connectivity index (χ1n) is 9.62. The lowest BCUT2D eigenvalue weighted by Gasteiger charge is -2.27. The van der Waals surface area contributed by atoms with Crippen molar-refractivity contribution in [1.29, 1.82) is 0 Å². The lowest BCUT2D eigenvalue weighted by atomic mass is 10.0. The maximum absolute atomic E-state index is 2.35. The average Bonchev–Trinajstić information content (AvgIpc) is 2.66. The van der Waals surface area contributed by atoms with Gasteiger partial charge in [0.15, 0.2) is 0 Å². The number of benzene rings is 3. The zero-order valence-corrected chi connectivity index (χ0v) is 16.4. The summed E-state index contributed by atoms with van der Waals surface area (Å²) in [4.78, 5) is 2.35. The Labute approximate surface area is 158 Å². The van der Waals surface area contributed by atoms with Crippen LogP contribution in [0.15, 0.2) is 66.7 Å². The second kappa shape index (κ2) is 8.23. The second-order valence-electron chi connectivity index (χ2n) is 7.15. The highest BCUT2D eigenvalue weighted by Crippen LogP contribution is 2.36. The van der Waals surface area contributed by atoms with Gasteiger partial charge in [-0.25, -0.2) is 0 Å². The number of hydrogen-bond donors (Lipinski definition) is 0. The summed E-state index contributed by atoms with van der Waals surface area (Å²) in [6.07, 6.45) is 3.64. The molecule has 26 heavy (non-hydrogen) atoms. The van der Waals surface area contributed by atoms with E-state index in [4.69, 9.17) is 0 Å². The van der Waals surface area contributed by atoms with Gasteiger partial charge in [-0.2, -0.15) is 0 Å². The van der Waals surface area contributed by atoms with Gasteiger partial charge < -0.3 is 4.90 Å². The van der Waals surface area contributed by atoms with E-state index in [1.54, 1.807) is 0 Å². The number of aryl methyl sites for hydroxylation is 3. The number of unbranched alkanes of at least 4 members (excludes halogenated alkanes) is 1. The fourth-order valence-corrected chi connectivity index (χ4v) is 3.36. The first kappa shape index (κ1) is 18.3. The molecule has 134 valence electrons. The topological polar surface area (TPSA) is 3.24 Å². The molecule has 0 spiro atoms. The summed E-state index contributed by atoms with van der Waals surface area (Å²) in [5.41, 5.74) is 9.08. The Hall–Kier alpha value is -2.54. The van der Waals surface area contributed by atoms with E-state index in [0.717, 1.165) is 6.42 Å². The van der Waals surface area contributed by atoms with Gasteiger partial charge in [0.1, 0.15) is 0 Å². The predicted octanol–water partition coefficient (Wildman–Crippen LogP) is 7.42. The van der Waals surface area contributed by atoms with Crippen LogP contribution in [0.5, 0.6) is 0 Å². The van der Waals surface area contributed by atoms with Crippen LogP contribution in [0, 0.1) is 20.8 Å². The highest BCUT2D eigenvalue weighted by Gasteiger charge is 2.14. The Kier molecular flexibility index (Phi) is 5.78. The van der Waals surface area contributed by atoms with Crippen molar-refractivity contribution in [2.75, 3.05) is 4.90 Å². The van der Waals surface area contributed by atoms with E-state index in [2.05, 4.69) is 99.3 Å². The van der Waals surface area contributed by atoms with Crippen LogP contribution in [0.25, 0.3) is 0 Å². The molecule has 0 radical (unpaired) electrons. The number of nitrogens with zero attached hydrogens (tertiary/aromatic N) is 1. The zero-order chi connectivity index (χ0) is 18.5. The molecule has 3 aromatic rings. The molecule has 0 bridgehead atoms. The largest absolute Gasteiger partial charge is 0.310 e. The van der Waals surface area contributed by atoms with Crippen molar-refractivity contribution in [3.63, 3.8) is 0 Å². The van der Waals surface area contributed by atoms with Gasteiger partial charge >= 0.3 is 0 Å². The Morgan fingerprint density at radius 2 is 1.27 bits per heavy atom.